The summed E-state index contributed by atoms with van der Waals surface area (Å²) >= 11 is 3.01. The molecule has 15 heavy (non-hydrogen) atoms. The monoisotopic (exact) mass is 272 g/mol. The molecule has 80 valence electrons. The minimum Gasteiger partial charge on any atom is -0.297 e. The smallest absolute Gasteiger partial charge is 0.297 e. The SMILES string of the molecule is O=C(Cn1cc(Br)c(=O)[nH]c1=O)C1CC1. The fourth-order valence-electron chi connectivity index (χ4n) is 1.30. The van der Waals surface area contributed by atoms with Crippen molar-refractivity contribution in [1.82, 2.24) is 9.55 Å². The number of nitrogens with zero attached hydrogens (tertiary/aromatic N) is 1. The molecule has 0 radical (unpaired) electrons. The zero-order valence-electron chi connectivity index (χ0n) is 7.83. The molecule has 1 aromatic rings. The van der Waals surface area contributed by atoms with Crippen LogP contribution < -0.4 is 11.2 Å². The van der Waals surface area contributed by atoms with Crippen molar-refractivity contribution in [3.05, 3.63) is 31.5 Å². The molecule has 0 aromatic carbocycles. The zero-order chi connectivity index (χ0) is 11.0. The van der Waals surface area contributed by atoms with Gasteiger partial charge in [-0.05, 0) is 28.8 Å². The van der Waals surface area contributed by atoms with Gasteiger partial charge in [0.05, 0.1) is 11.0 Å². The minimum absolute atomic E-state index is 0.0406. The summed E-state index contributed by atoms with van der Waals surface area (Å²) in [5, 5.41) is 0. The van der Waals surface area contributed by atoms with E-state index >= 15 is 0 Å². The number of hydrogen-bond acceptors (Lipinski definition) is 3. The highest BCUT2D eigenvalue weighted by atomic mass is 79.9. The van der Waals surface area contributed by atoms with E-state index in [1.807, 2.05) is 0 Å². The van der Waals surface area contributed by atoms with Gasteiger partial charge < -0.3 is 0 Å². The second-order valence-electron chi connectivity index (χ2n) is 3.60. The van der Waals surface area contributed by atoms with E-state index in [-0.39, 0.29) is 22.7 Å². The third-order valence-electron chi connectivity index (χ3n) is 2.33. The van der Waals surface area contributed by atoms with Crippen LogP contribution in [0, 0.1) is 5.92 Å². The van der Waals surface area contributed by atoms with Crippen molar-refractivity contribution < 1.29 is 4.79 Å². The Labute approximate surface area is 93.3 Å². The number of Topliss-reactive ketones (excluding diaryl/α,β-unsaturated/α-hetero) is 1. The largest absolute Gasteiger partial charge is 0.328 e. The molecule has 5 nitrogen and oxygen atoms in total. The van der Waals surface area contributed by atoms with Crippen molar-refractivity contribution in [2.75, 3.05) is 0 Å². The summed E-state index contributed by atoms with van der Waals surface area (Å²) in [6.45, 7) is 0.0406. The van der Waals surface area contributed by atoms with Gasteiger partial charge in [-0.2, -0.15) is 0 Å². The van der Waals surface area contributed by atoms with Gasteiger partial charge in [0.15, 0.2) is 5.78 Å². The number of hydrogen-bond donors (Lipinski definition) is 1. The normalized spacial score (nSPS) is 15.3. The molecule has 0 saturated heterocycles. The highest BCUT2D eigenvalue weighted by molar-refractivity contribution is 9.10. The van der Waals surface area contributed by atoms with E-state index in [9.17, 15) is 14.4 Å². The molecule has 1 aliphatic rings. The maximum Gasteiger partial charge on any atom is 0.328 e. The van der Waals surface area contributed by atoms with E-state index in [1.165, 1.54) is 10.8 Å². The lowest BCUT2D eigenvalue weighted by Gasteiger charge is -2.03. The Morgan fingerprint density at radius 2 is 2.20 bits per heavy atom. The van der Waals surface area contributed by atoms with Crippen LogP contribution in [0.15, 0.2) is 20.3 Å². The Balaban J connectivity index is 2.28. The number of carbonyl (C=O) groups excluding carboxylic acids is 1. The quantitative estimate of drug-likeness (QED) is 0.859. The molecule has 0 bridgehead atoms. The first-order valence-electron chi connectivity index (χ1n) is 4.60. The summed E-state index contributed by atoms with van der Waals surface area (Å²) < 4.78 is 1.47. The lowest BCUT2D eigenvalue weighted by molar-refractivity contribution is -0.120. The van der Waals surface area contributed by atoms with E-state index in [0.29, 0.717) is 0 Å². The van der Waals surface area contributed by atoms with Crippen LogP contribution in [0.25, 0.3) is 0 Å². The van der Waals surface area contributed by atoms with Gasteiger partial charge in [-0.15, -0.1) is 0 Å². The van der Waals surface area contributed by atoms with Gasteiger partial charge in [0.1, 0.15) is 0 Å². The number of aromatic amines is 1. The first kappa shape index (κ1) is 10.4. The molecule has 0 atom stereocenters. The van der Waals surface area contributed by atoms with E-state index in [1.54, 1.807) is 0 Å². The fraction of sp³-hybridized carbons (Fsp3) is 0.444. The maximum absolute atomic E-state index is 11.5. The van der Waals surface area contributed by atoms with Gasteiger partial charge in [0, 0.05) is 12.1 Å². The molecule has 0 aliphatic heterocycles. The molecule has 2 rings (SSSR count). The molecular weight excluding hydrogens is 264 g/mol. The second-order valence-corrected chi connectivity index (χ2v) is 4.46. The Morgan fingerprint density at radius 1 is 1.53 bits per heavy atom. The standard InChI is InChI=1S/C9H9BrN2O3/c10-6-3-12(9(15)11-8(6)14)4-7(13)5-1-2-5/h3,5H,1-2,4H2,(H,11,14,15). The number of rotatable bonds is 3. The molecule has 1 heterocycles. The minimum atomic E-state index is -0.544. The van der Waals surface area contributed by atoms with Crippen LogP contribution in [-0.2, 0) is 11.3 Å². The first-order valence-corrected chi connectivity index (χ1v) is 5.39. The number of halogens is 1. The predicted molar refractivity (Wildman–Crippen MR) is 56.8 cm³/mol. The summed E-state index contributed by atoms with van der Waals surface area (Å²) in [4.78, 5) is 35.9. The number of aromatic nitrogens is 2. The Kier molecular flexibility index (Phi) is 2.60. The summed E-state index contributed by atoms with van der Waals surface area (Å²) in [5.41, 5.74) is -1.02. The predicted octanol–water partition coefficient (Wildman–Crippen LogP) is 0.278. The van der Waals surface area contributed by atoms with Crippen LogP contribution in [0.5, 0.6) is 0 Å². The molecule has 0 spiro atoms. The van der Waals surface area contributed by atoms with Gasteiger partial charge in [-0.25, -0.2) is 4.79 Å². The molecule has 1 fully saturated rings. The van der Waals surface area contributed by atoms with Crippen LogP contribution >= 0.6 is 15.9 Å². The number of carbonyl (C=O) groups is 1. The second kappa shape index (κ2) is 3.77. The topological polar surface area (TPSA) is 71.9 Å². The van der Waals surface area contributed by atoms with E-state index in [4.69, 9.17) is 0 Å². The van der Waals surface area contributed by atoms with Gasteiger partial charge in [-0.1, -0.05) is 0 Å². The molecule has 1 aliphatic carbocycles. The highest BCUT2D eigenvalue weighted by Gasteiger charge is 2.29. The lowest BCUT2D eigenvalue weighted by atomic mass is 10.2. The van der Waals surface area contributed by atoms with Crippen LogP contribution in [0.1, 0.15) is 12.8 Å². The van der Waals surface area contributed by atoms with Crippen molar-refractivity contribution in [3.8, 4) is 0 Å². The number of nitrogens with one attached hydrogen (secondary N) is 1. The average Bonchev–Trinajstić information content (AvgIpc) is 2.97. The highest BCUT2D eigenvalue weighted by Crippen LogP contribution is 2.30. The molecule has 1 saturated carbocycles. The van der Waals surface area contributed by atoms with Crippen LogP contribution in [0.2, 0.25) is 0 Å². The van der Waals surface area contributed by atoms with Crippen molar-refractivity contribution in [2.45, 2.75) is 19.4 Å². The third kappa shape index (κ3) is 2.26. The number of H-pyrrole nitrogens is 1. The summed E-state index contributed by atoms with van der Waals surface area (Å²) in [7, 11) is 0. The zero-order valence-corrected chi connectivity index (χ0v) is 9.41. The number of ketones is 1. The van der Waals surface area contributed by atoms with Crippen molar-refractivity contribution in [2.24, 2.45) is 5.92 Å². The van der Waals surface area contributed by atoms with Crippen molar-refractivity contribution in [3.63, 3.8) is 0 Å². The lowest BCUT2D eigenvalue weighted by Crippen LogP contribution is -2.32. The Bertz CT molecular complexity index is 513. The summed E-state index contributed by atoms with van der Waals surface area (Å²) in [6.07, 6.45) is 3.18. The van der Waals surface area contributed by atoms with E-state index < -0.39 is 11.2 Å². The summed E-state index contributed by atoms with van der Waals surface area (Å²) in [5.74, 6) is 0.165. The van der Waals surface area contributed by atoms with Crippen molar-refractivity contribution in [1.29, 1.82) is 0 Å². The maximum atomic E-state index is 11.5. The summed E-state index contributed by atoms with van der Waals surface area (Å²) in [6, 6.07) is 0. The van der Waals surface area contributed by atoms with Gasteiger partial charge in [0.25, 0.3) is 5.56 Å². The van der Waals surface area contributed by atoms with Gasteiger partial charge >= 0.3 is 5.69 Å². The van der Waals surface area contributed by atoms with Crippen LogP contribution in [0.4, 0.5) is 0 Å². The molecular formula is C9H9BrN2O3. The first-order chi connectivity index (χ1) is 7.08. The van der Waals surface area contributed by atoms with Crippen LogP contribution in [0.3, 0.4) is 0 Å². The average molecular weight is 273 g/mol. The fourth-order valence-corrected chi connectivity index (χ4v) is 1.65. The van der Waals surface area contributed by atoms with Gasteiger partial charge in [-0.3, -0.25) is 19.1 Å². The Hall–Kier alpha value is -1.17. The molecule has 6 heteroatoms. The van der Waals surface area contributed by atoms with E-state index in [2.05, 4.69) is 20.9 Å². The Morgan fingerprint density at radius 3 is 2.80 bits per heavy atom. The molecule has 0 amide bonds. The van der Waals surface area contributed by atoms with E-state index in [0.717, 1.165) is 12.8 Å². The molecule has 1 N–H and O–H groups in total. The third-order valence-corrected chi connectivity index (χ3v) is 2.89. The van der Waals surface area contributed by atoms with Gasteiger partial charge in [0.2, 0.25) is 0 Å². The molecule has 1 aromatic heterocycles. The molecule has 0 unspecified atom stereocenters. The van der Waals surface area contributed by atoms with Crippen molar-refractivity contribution >= 4 is 21.7 Å². The van der Waals surface area contributed by atoms with Crippen LogP contribution in [-0.4, -0.2) is 15.3 Å².